The van der Waals surface area contributed by atoms with Gasteiger partial charge in [-0.2, -0.15) is 0 Å². The molecule has 0 aliphatic heterocycles. The van der Waals surface area contributed by atoms with Crippen molar-refractivity contribution in [2.24, 2.45) is 0 Å². The van der Waals surface area contributed by atoms with Crippen molar-refractivity contribution in [3.63, 3.8) is 0 Å². The number of hydrogen-bond acceptors (Lipinski definition) is 2. The lowest BCUT2D eigenvalue weighted by molar-refractivity contribution is 0.112. The van der Waals surface area contributed by atoms with Crippen molar-refractivity contribution in [2.75, 3.05) is 0 Å². The Hall–Kier alpha value is -0.150. The van der Waals surface area contributed by atoms with Crippen LogP contribution in [0.25, 0.3) is 0 Å². The predicted molar refractivity (Wildman–Crippen MR) is 56.1 cm³/mol. The van der Waals surface area contributed by atoms with E-state index in [0.717, 1.165) is 15.6 Å². The van der Waals surface area contributed by atoms with Crippen LogP contribution in [0.4, 0.5) is 0 Å². The summed E-state index contributed by atoms with van der Waals surface area (Å²) in [5.41, 5.74) is 0.116. The Kier molecular flexibility index (Phi) is 2.74. The first-order chi connectivity index (χ1) is 5.45. The number of carbonyl (C=O) groups excluding carboxylic acids is 1. The molecule has 0 amide bonds. The van der Waals surface area contributed by atoms with Gasteiger partial charge in [0.25, 0.3) is 0 Å². The Labute approximate surface area is 84.9 Å². The van der Waals surface area contributed by atoms with Crippen molar-refractivity contribution < 1.29 is 4.79 Å². The maximum absolute atomic E-state index is 10.5. The van der Waals surface area contributed by atoms with Crippen LogP contribution in [0.3, 0.4) is 0 Å². The standard InChI is InChI=1S/C9H11BrOS/c1-9(2,3)8-7(10)4-6(5-11)12-8/h4-5H,1-3H3. The second-order valence-electron chi connectivity index (χ2n) is 3.69. The topological polar surface area (TPSA) is 17.1 Å². The molecule has 1 aromatic rings. The Morgan fingerprint density at radius 2 is 2.08 bits per heavy atom. The first kappa shape index (κ1) is 9.93. The first-order valence-electron chi connectivity index (χ1n) is 3.70. The molecule has 66 valence electrons. The molecule has 12 heavy (non-hydrogen) atoms. The number of carbonyl (C=O) groups is 1. The fraction of sp³-hybridized carbons (Fsp3) is 0.444. The van der Waals surface area contributed by atoms with Crippen molar-refractivity contribution in [2.45, 2.75) is 26.2 Å². The summed E-state index contributed by atoms with van der Waals surface area (Å²) in [4.78, 5) is 12.5. The zero-order valence-electron chi connectivity index (χ0n) is 7.35. The van der Waals surface area contributed by atoms with E-state index in [9.17, 15) is 4.79 Å². The van der Waals surface area contributed by atoms with Gasteiger partial charge in [-0.25, -0.2) is 0 Å². The minimum absolute atomic E-state index is 0.116. The molecule has 1 rings (SSSR count). The number of halogens is 1. The molecule has 0 radical (unpaired) electrons. The molecule has 0 spiro atoms. The van der Waals surface area contributed by atoms with Gasteiger partial charge in [0.05, 0.1) is 4.88 Å². The maximum Gasteiger partial charge on any atom is 0.160 e. The van der Waals surface area contributed by atoms with Gasteiger partial charge in [-0.1, -0.05) is 20.8 Å². The minimum Gasteiger partial charge on any atom is -0.297 e. The Morgan fingerprint density at radius 3 is 2.33 bits per heavy atom. The molecule has 0 unspecified atom stereocenters. The van der Waals surface area contributed by atoms with Crippen molar-refractivity contribution >= 4 is 33.6 Å². The molecule has 0 saturated carbocycles. The van der Waals surface area contributed by atoms with Gasteiger partial charge in [0.15, 0.2) is 6.29 Å². The lowest BCUT2D eigenvalue weighted by Gasteiger charge is -2.16. The molecule has 1 heterocycles. The van der Waals surface area contributed by atoms with Gasteiger partial charge < -0.3 is 0 Å². The van der Waals surface area contributed by atoms with E-state index in [0.29, 0.717) is 0 Å². The summed E-state index contributed by atoms with van der Waals surface area (Å²) in [7, 11) is 0. The normalized spacial score (nSPS) is 11.7. The molecular formula is C9H11BrOS. The largest absolute Gasteiger partial charge is 0.297 e. The van der Waals surface area contributed by atoms with E-state index in [2.05, 4.69) is 36.7 Å². The van der Waals surface area contributed by atoms with E-state index < -0.39 is 0 Å². The highest BCUT2D eigenvalue weighted by molar-refractivity contribution is 9.10. The van der Waals surface area contributed by atoms with Crippen molar-refractivity contribution in [3.8, 4) is 0 Å². The summed E-state index contributed by atoms with van der Waals surface area (Å²) >= 11 is 5.00. The van der Waals surface area contributed by atoms with Crippen molar-refractivity contribution in [1.82, 2.24) is 0 Å². The van der Waals surface area contributed by atoms with E-state index in [1.807, 2.05) is 6.07 Å². The molecule has 0 bridgehead atoms. The van der Waals surface area contributed by atoms with Crippen LogP contribution in [0.2, 0.25) is 0 Å². The molecule has 1 nitrogen and oxygen atoms in total. The lowest BCUT2D eigenvalue weighted by Crippen LogP contribution is -2.08. The van der Waals surface area contributed by atoms with Gasteiger partial charge in [0.2, 0.25) is 0 Å². The van der Waals surface area contributed by atoms with E-state index >= 15 is 0 Å². The lowest BCUT2D eigenvalue weighted by atomic mass is 9.95. The molecule has 3 heteroatoms. The Balaban J connectivity index is 3.16. The van der Waals surface area contributed by atoms with Crippen LogP contribution in [0, 0.1) is 0 Å². The highest BCUT2D eigenvalue weighted by Crippen LogP contribution is 2.36. The molecule has 0 saturated heterocycles. The van der Waals surface area contributed by atoms with Crippen LogP contribution in [0.15, 0.2) is 10.5 Å². The fourth-order valence-corrected chi connectivity index (χ4v) is 3.11. The van der Waals surface area contributed by atoms with Crippen LogP contribution in [0.5, 0.6) is 0 Å². The van der Waals surface area contributed by atoms with Gasteiger partial charge in [0.1, 0.15) is 0 Å². The van der Waals surface area contributed by atoms with Crippen LogP contribution in [-0.4, -0.2) is 6.29 Å². The van der Waals surface area contributed by atoms with Crippen molar-refractivity contribution in [3.05, 3.63) is 20.3 Å². The Morgan fingerprint density at radius 1 is 1.50 bits per heavy atom. The zero-order valence-corrected chi connectivity index (χ0v) is 9.75. The van der Waals surface area contributed by atoms with E-state index in [4.69, 9.17) is 0 Å². The minimum atomic E-state index is 0.116. The highest BCUT2D eigenvalue weighted by Gasteiger charge is 2.19. The van der Waals surface area contributed by atoms with E-state index in [-0.39, 0.29) is 5.41 Å². The fourth-order valence-electron chi connectivity index (χ4n) is 0.956. The number of aldehydes is 1. The summed E-state index contributed by atoms with van der Waals surface area (Å²) < 4.78 is 1.04. The third kappa shape index (κ3) is 1.96. The monoisotopic (exact) mass is 246 g/mol. The molecule has 0 aromatic carbocycles. The van der Waals surface area contributed by atoms with Gasteiger partial charge in [-0.3, -0.25) is 4.79 Å². The second kappa shape index (κ2) is 3.30. The summed E-state index contributed by atoms with van der Waals surface area (Å²) in [5, 5.41) is 0. The van der Waals surface area contributed by atoms with Gasteiger partial charge in [-0.15, -0.1) is 11.3 Å². The van der Waals surface area contributed by atoms with Gasteiger partial charge in [-0.05, 0) is 27.4 Å². The molecule has 0 atom stereocenters. The van der Waals surface area contributed by atoms with E-state index in [1.54, 1.807) is 11.3 Å². The first-order valence-corrected chi connectivity index (χ1v) is 5.31. The number of hydrogen-bond donors (Lipinski definition) is 0. The zero-order chi connectivity index (χ0) is 9.35. The summed E-state index contributed by atoms with van der Waals surface area (Å²) in [5.74, 6) is 0. The van der Waals surface area contributed by atoms with E-state index in [1.165, 1.54) is 4.88 Å². The summed E-state index contributed by atoms with van der Waals surface area (Å²) in [6.45, 7) is 6.41. The molecule has 0 aliphatic rings. The second-order valence-corrected chi connectivity index (χ2v) is 5.63. The third-order valence-electron chi connectivity index (χ3n) is 1.50. The molecule has 0 fully saturated rings. The number of rotatable bonds is 1. The molecular weight excluding hydrogens is 236 g/mol. The quantitative estimate of drug-likeness (QED) is 0.692. The molecule has 0 aliphatic carbocycles. The highest BCUT2D eigenvalue weighted by atomic mass is 79.9. The summed E-state index contributed by atoms with van der Waals surface area (Å²) in [6.07, 6.45) is 0.894. The summed E-state index contributed by atoms with van der Waals surface area (Å²) in [6, 6.07) is 1.87. The SMILES string of the molecule is CC(C)(C)c1sc(C=O)cc1Br. The van der Waals surface area contributed by atoms with Crippen LogP contribution < -0.4 is 0 Å². The molecule has 1 aromatic heterocycles. The van der Waals surface area contributed by atoms with Crippen molar-refractivity contribution in [1.29, 1.82) is 0 Å². The average Bonchev–Trinajstić information content (AvgIpc) is 2.29. The van der Waals surface area contributed by atoms with Gasteiger partial charge in [0, 0.05) is 9.35 Å². The maximum atomic E-state index is 10.5. The predicted octanol–water partition coefficient (Wildman–Crippen LogP) is 3.62. The Bertz CT molecular complexity index is 296. The van der Waals surface area contributed by atoms with Gasteiger partial charge >= 0.3 is 0 Å². The number of thiophene rings is 1. The van der Waals surface area contributed by atoms with Crippen LogP contribution in [-0.2, 0) is 5.41 Å². The third-order valence-corrected chi connectivity index (χ3v) is 3.88. The average molecular weight is 247 g/mol. The van der Waals surface area contributed by atoms with Crippen LogP contribution in [0.1, 0.15) is 35.3 Å². The van der Waals surface area contributed by atoms with Crippen LogP contribution >= 0.6 is 27.3 Å². The smallest absolute Gasteiger partial charge is 0.160 e. The molecule has 0 N–H and O–H groups in total.